The molecule has 1 aromatic heterocycles. The van der Waals surface area contributed by atoms with Gasteiger partial charge in [0.2, 0.25) is 0 Å². The number of ether oxygens (including phenoxy) is 3. The van der Waals surface area contributed by atoms with Crippen LogP contribution in [0.2, 0.25) is 0 Å². The number of hydrogen-bond donors (Lipinski definition) is 1. The maximum absolute atomic E-state index is 13.2. The molecule has 2 amide bonds. The van der Waals surface area contributed by atoms with E-state index in [-0.39, 0.29) is 41.6 Å². The third-order valence-electron chi connectivity index (χ3n) is 5.81. The van der Waals surface area contributed by atoms with Crippen LogP contribution in [0.15, 0.2) is 59.4 Å². The van der Waals surface area contributed by atoms with Crippen molar-refractivity contribution in [2.75, 3.05) is 39.2 Å². The molecule has 10 nitrogen and oxygen atoms in total. The minimum Gasteiger partial charge on any atom is -0.493 e. The van der Waals surface area contributed by atoms with Gasteiger partial charge in [-0.3, -0.25) is 14.4 Å². The molecule has 1 aliphatic rings. The van der Waals surface area contributed by atoms with E-state index in [9.17, 15) is 14.4 Å². The Balaban J connectivity index is 1.55. The lowest BCUT2D eigenvalue weighted by Crippen LogP contribution is -2.30. The van der Waals surface area contributed by atoms with Crippen molar-refractivity contribution in [3.05, 3.63) is 76.2 Å². The smallest absolute Gasteiger partial charge is 0.276 e. The van der Waals surface area contributed by atoms with Crippen LogP contribution in [0.4, 0.5) is 5.69 Å². The zero-order chi connectivity index (χ0) is 25.5. The molecular weight excluding hydrogens is 464 g/mol. The summed E-state index contributed by atoms with van der Waals surface area (Å²) in [6, 6.07) is 14.9. The summed E-state index contributed by atoms with van der Waals surface area (Å²) < 4.78 is 17.5. The van der Waals surface area contributed by atoms with Gasteiger partial charge < -0.3 is 24.4 Å². The Labute approximate surface area is 208 Å². The van der Waals surface area contributed by atoms with Gasteiger partial charge in [-0.05, 0) is 37.1 Å². The molecule has 0 radical (unpaired) electrons. The van der Waals surface area contributed by atoms with E-state index < -0.39 is 5.91 Å². The van der Waals surface area contributed by atoms with Crippen molar-refractivity contribution in [2.24, 2.45) is 0 Å². The number of nitrogens with one attached hydrogen (secondary N) is 1. The van der Waals surface area contributed by atoms with Gasteiger partial charge in [-0.25, -0.2) is 4.68 Å². The molecule has 0 unspecified atom stereocenters. The molecule has 36 heavy (non-hydrogen) atoms. The molecule has 1 fully saturated rings. The number of methoxy groups -OCH3 is 2. The highest BCUT2D eigenvalue weighted by molar-refractivity contribution is 6.08. The highest BCUT2D eigenvalue weighted by atomic mass is 16.5. The second-order valence-electron chi connectivity index (χ2n) is 8.15. The first kappa shape index (κ1) is 24.8. The maximum Gasteiger partial charge on any atom is 0.276 e. The van der Waals surface area contributed by atoms with E-state index in [0.717, 1.165) is 12.8 Å². The van der Waals surface area contributed by atoms with Gasteiger partial charge in [-0.2, -0.15) is 5.10 Å². The Morgan fingerprint density at radius 3 is 2.36 bits per heavy atom. The average Bonchev–Trinajstić information content (AvgIpc) is 3.45. The van der Waals surface area contributed by atoms with Crippen molar-refractivity contribution in [3.8, 4) is 17.2 Å². The fourth-order valence-electron chi connectivity index (χ4n) is 3.93. The zero-order valence-electron chi connectivity index (χ0n) is 20.2. The van der Waals surface area contributed by atoms with Crippen LogP contribution in [0.1, 0.15) is 33.7 Å². The van der Waals surface area contributed by atoms with E-state index in [1.165, 1.54) is 31.0 Å². The summed E-state index contributed by atoms with van der Waals surface area (Å²) in [4.78, 5) is 40.3. The van der Waals surface area contributed by atoms with E-state index >= 15 is 0 Å². The molecule has 3 aromatic rings. The van der Waals surface area contributed by atoms with E-state index in [4.69, 9.17) is 14.2 Å². The first-order valence-corrected chi connectivity index (χ1v) is 11.6. The molecular formula is C26H28N4O6. The molecule has 1 aliphatic heterocycles. The molecule has 0 spiro atoms. The first-order chi connectivity index (χ1) is 17.5. The lowest BCUT2D eigenvalue weighted by Gasteiger charge is -2.20. The van der Waals surface area contributed by atoms with Crippen LogP contribution in [0.5, 0.6) is 17.2 Å². The lowest BCUT2D eigenvalue weighted by atomic mass is 10.1. The summed E-state index contributed by atoms with van der Waals surface area (Å²) in [6.07, 6.45) is 1.86. The van der Waals surface area contributed by atoms with Crippen LogP contribution >= 0.6 is 0 Å². The van der Waals surface area contributed by atoms with E-state index in [2.05, 4.69) is 10.4 Å². The molecule has 4 rings (SSSR count). The highest BCUT2D eigenvalue weighted by Gasteiger charge is 2.25. The Hall–Kier alpha value is -4.34. The number of carbonyl (C=O) groups is 2. The van der Waals surface area contributed by atoms with E-state index in [1.54, 1.807) is 17.0 Å². The number of nitrogens with zero attached hydrogens (tertiary/aromatic N) is 3. The summed E-state index contributed by atoms with van der Waals surface area (Å²) in [6.45, 7) is 1.66. The Morgan fingerprint density at radius 1 is 0.972 bits per heavy atom. The predicted octanol–water partition coefficient (Wildman–Crippen LogP) is 2.83. The quantitative estimate of drug-likeness (QED) is 0.489. The third kappa shape index (κ3) is 5.65. The van der Waals surface area contributed by atoms with E-state index in [0.29, 0.717) is 30.3 Å². The standard InChI is InChI=1S/C26H28N4O6/c1-34-22-16-19(26(33)29-12-6-7-13-29)21(17-23(22)35-2)27-25(32)20-10-11-24(31)30(28-20)14-15-36-18-8-4-3-5-9-18/h3-5,8-11,16-17H,6-7,12-15H2,1-2H3,(H,27,32). The molecule has 188 valence electrons. The summed E-state index contributed by atoms with van der Waals surface area (Å²) in [5.41, 5.74) is 0.205. The normalized spacial score (nSPS) is 12.8. The number of hydrogen-bond acceptors (Lipinski definition) is 7. The van der Waals surface area contributed by atoms with Gasteiger partial charge >= 0.3 is 0 Å². The van der Waals surface area contributed by atoms with Gasteiger partial charge in [0.15, 0.2) is 11.5 Å². The van der Waals surface area contributed by atoms with Gasteiger partial charge in [-0.15, -0.1) is 0 Å². The van der Waals surface area contributed by atoms with Gasteiger partial charge in [0.1, 0.15) is 18.1 Å². The molecule has 0 atom stereocenters. The number of anilines is 1. The zero-order valence-corrected chi connectivity index (χ0v) is 20.2. The summed E-state index contributed by atoms with van der Waals surface area (Å²) in [5, 5.41) is 6.94. The second kappa shape index (κ2) is 11.4. The van der Waals surface area contributed by atoms with Crippen molar-refractivity contribution in [1.82, 2.24) is 14.7 Å². The van der Waals surface area contributed by atoms with Crippen molar-refractivity contribution in [1.29, 1.82) is 0 Å². The maximum atomic E-state index is 13.2. The van der Waals surface area contributed by atoms with Crippen LogP contribution in [-0.2, 0) is 6.54 Å². The van der Waals surface area contributed by atoms with Crippen molar-refractivity contribution >= 4 is 17.5 Å². The molecule has 2 heterocycles. The van der Waals surface area contributed by atoms with Gasteiger partial charge in [0.25, 0.3) is 17.4 Å². The first-order valence-electron chi connectivity index (χ1n) is 11.6. The number of para-hydroxylation sites is 1. The highest BCUT2D eigenvalue weighted by Crippen LogP contribution is 2.34. The number of carbonyl (C=O) groups excluding carboxylic acids is 2. The number of aromatic nitrogens is 2. The molecule has 0 saturated carbocycles. The Bertz CT molecular complexity index is 1290. The molecule has 0 bridgehead atoms. The lowest BCUT2D eigenvalue weighted by molar-refractivity contribution is 0.0793. The van der Waals surface area contributed by atoms with Gasteiger partial charge in [0, 0.05) is 25.2 Å². The number of likely N-dealkylation sites (tertiary alicyclic amines) is 1. The monoisotopic (exact) mass is 492 g/mol. The SMILES string of the molecule is COc1cc(NC(=O)c2ccc(=O)n(CCOc3ccccc3)n2)c(C(=O)N2CCCC2)cc1OC. The van der Waals surface area contributed by atoms with Gasteiger partial charge in [-0.1, -0.05) is 18.2 Å². The summed E-state index contributed by atoms with van der Waals surface area (Å²) in [5.74, 6) is 0.628. The van der Waals surface area contributed by atoms with Crippen molar-refractivity contribution < 1.29 is 23.8 Å². The second-order valence-corrected chi connectivity index (χ2v) is 8.15. The van der Waals surface area contributed by atoms with Gasteiger partial charge in [0.05, 0.1) is 32.0 Å². The van der Waals surface area contributed by atoms with Crippen LogP contribution in [-0.4, -0.2) is 60.4 Å². The minimum absolute atomic E-state index is 0.0173. The fraction of sp³-hybridized carbons (Fsp3) is 0.308. The predicted molar refractivity (Wildman–Crippen MR) is 133 cm³/mol. The molecule has 1 N–H and O–H groups in total. The average molecular weight is 493 g/mol. The van der Waals surface area contributed by atoms with Crippen LogP contribution in [0, 0.1) is 0 Å². The third-order valence-corrected chi connectivity index (χ3v) is 5.81. The topological polar surface area (TPSA) is 112 Å². The van der Waals surface area contributed by atoms with E-state index in [1.807, 2.05) is 30.3 Å². The minimum atomic E-state index is -0.574. The number of benzene rings is 2. The number of rotatable bonds is 9. The van der Waals surface area contributed by atoms with Crippen LogP contribution in [0.25, 0.3) is 0 Å². The largest absolute Gasteiger partial charge is 0.493 e. The van der Waals surface area contributed by atoms with Crippen LogP contribution < -0.4 is 25.1 Å². The summed E-state index contributed by atoms with van der Waals surface area (Å²) in [7, 11) is 2.95. The Morgan fingerprint density at radius 2 is 1.67 bits per heavy atom. The molecule has 0 aliphatic carbocycles. The Kier molecular flexibility index (Phi) is 7.84. The molecule has 10 heteroatoms. The van der Waals surface area contributed by atoms with Crippen molar-refractivity contribution in [2.45, 2.75) is 19.4 Å². The molecule has 2 aromatic carbocycles. The van der Waals surface area contributed by atoms with Crippen molar-refractivity contribution in [3.63, 3.8) is 0 Å². The number of amides is 2. The van der Waals surface area contributed by atoms with Crippen LogP contribution in [0.3, 0.4) is 0 Å². The fourth-order valence-corrected chi connectivity index (χ4v) is 3.93. The summed E-state index contributed by atoms with van der Waals surface area (Å²) >= 11 is 0. The molecule has 1 saturated heterocycles.